The van der Waals surface area contributed by atoms with Gasteiger partial charge in [-0.1, -0.05) is 24.3 Å². The van der Waals surface area contributed by atoms with Crippen LogP contribution in [0.3, 0.4) is 0 Å². The molecule has 3 heterocycles. The smallest absolute Gasteiger partial charge is 0.336 e. The number of aromatic nitrogens is 1. The van der Waals surface area contributed by atoms with Crippen LogP contribution >= 0.6 is 0 Å². The first-order chi connectivity index (χ1) is 15.2. The quantitative estimate of drug-likeness (QED) is 0.636. The molecule has 1 aromatic heterocycles. The Labute approximate surface area is 182 Å². The highest BCUT2D eigenvalue weighted by Crippen LogP contribution is 2.36. The molecular weight excluding hydrogens is 386 g/mol. The van der Waals surface area contributed by atoms with Gasteiger partial charge in [0.1, 0.15) is 0 Å². The predicted octanol–water partition coefficient (Wildman–Crippen LogP) is 4.68. The van der Waals surface area contributed by atoms with Crippen LogP contribution in [0.25, 0.3) is 0 Å². The lowest BCUT2D eigenvalue weighted by atomic mass is 9.89. The normalized spacial score (nSPS) is 17.7. The Hall–Kier alpha value is -3.18. The molecule has 0 spiro atoms. The monoisotopic (exact) mass is 413 g/mol. The Balaban J connectivity index is 1.38. The first kappa shape index (κ1) is 19.8. The van der Waals surface area contributed by atoms with E-state index in [1.54, 1.807) is 18.5 Å². The zero-order chi connectivity index (χ0) is 21.2. The first-order valence-electron chi connectivity index (χ1n) is 11.1. The number of nitrogens with one attached hydrogen (secondary N) is 1. The van der Waals surface area contributed by atoms with Gasteiger partial charge in [-0.05, 0) is 85.2 Å². The number of carbonyl (C=O) groups is 1. The Morgan fingerprint density at radius 2 is 2.03 bits per heavy atom. The SMILES string of the molecule is O=C(O)c1ccncc1CC[C@@H]1NCCc2cc(N3CCCc4ccccc43)ccc21. The van der Waals surface area contributed by atoms with Crippen LogP contribution in [0.15, 0.2) is 60.9 Å². The van der Waals surface area contributed by atoms with Gasteiger partial charge in [-0.3, -0.25) is 4.98 Å². The van der Waals surface area contributed by atoms with Gasteiger partial charge in [-0.15, -0.1) is 0 Å². The first-order valence-corrected chi connectivity index (χ1v) is 11.1. The molecule has 0 unspecified atom stereocenters. The van der Waals surface area contributed by atoms with Crippen LogP contribution in [0, 0.1) is 0 Å². The second-order valence-corrected chi connectivity index (χ2v) is 8.40. The van der Waals surface area contributed by atoms with E-state index in [2.05, 4.69) is 57.7 Å². The maximum absolute atomic E-state index is 11.5. The van der Waals surface area contributed by atoms with Gasteiger partial charge in [0.25, 0.3) is 0 Å². The molecule has 2 N–H and O–H groups in total. The van der Waals surface area contributed by atoms with E-state index in [0.717, 1.165) is 37.9 Å². The van der Waals surface area contributed by atoms with Crippen molar-refractivity contribution in [3.05, 3.63) is 88.7 Å². The molecule has 0 amide bonds. The molecule has 0 fully saturated rings. The number of anilines is 2. The highest BCUT2D eigenvalue weighted by atomic mass is 16.4. The predicted molar refractivity (Wildman–Crippen MR) is 122 cm³/mol. The third-order valence-corrected chi connectivity index (χ3v) is 6.55. The maximum atomic E-state index is 11.5. The Morgan fingerprint density at radius 1 is 1.13 bits per heavy atom. The summed E-state index contributed by atoms with van der Waals surface area (Å²) < 4.78 is 0. The van der Waals surface area contributed by atoms with Gasteiger partial charge in [0.05, 0.1) is 5.56 Å². The van der Waals surface area contributed by atoms with E-state index in [1.807, 2.05) is 0 Å². The molecule has 0 aliphatic carbocycles. The number of hydrogen-bond acceptors (Lipinski definition) is 4. The summed E-state index contributed by atoms with van der Waals surface area (Å²) in [6.45, 7) is 1.99. The number of aryl methyl sites for hydroxylation is 2. The molecule has 2 aromatic carbocycles. The van der Waals surface area contributed by atoms with Crippen molar-refractivity contribution in [2.75, 3.05) is 18.0 Å². The van der Waals surface area contributed by atoms with Crippen molar-refractivity contribution >= 4 is 17.3 Å². The van der Waals surface area contributed by atoms with Crippen molar-refractivity contribution in [3.8, 4) is 0 Å². The zero-order valence-electron chi connectivity index (χ0n) is 17.6. The van der Waals surface area contributed by atoms with Crippen molar-refractivity contribution in [3.63, 3.8) is 0 Å². The van der Waals surface area contributed by atoms with Gasteiger partial charge < -0.3 is 15.3 Å². The highest BCUT2D eigenvalue weighted by molar-refractivity contribution is 5.89. The average Bonchev–Trinajstić information content (AvgIpc) is 2.82. The average molecular weight is 414 g/mol. The van der Waals surface area contributed by atoms with Crippen LogP contribution in [-0.4, -0.2) is 29.1 Å². The van der Waals surface area contributed by atoms with E-state index < -0.39 is 5.97 Å². The number of rotatable bonds is 5. The largest absolute Gasteiger partial charge is 0.478 e. The number of carboxylic acids is 1. The molecule has 1 atom stereocenters. The molecule has 5 rings (SSSR count). The van der Waals surface area contributed by atoms with Crippen LogP contribution in [0.2, 0.25) is 0 Å². The lowest BCUT2D eigenvalue weighted by Gasteiger charge is -2.33. The summed E-state index contributed by atoms with van der Waals surface area (Å²) in [4.78, 5) is 18.1. The second-order valence-electron chi connectivity index (χ2n) is 8.40. The summed E-state index contributed by atoms with van der Waals surface area (Å²) in [5, 5.41) is 13.1. The molecule has 0 bridgehead atoms. The van der Waals surface area contributed by atoms with Gasteiger partial charge in [0.2, 0.25) is 0 Å². The van der Waals surface area contributed by atoms with E-state index >= 15 is 0 Å². The zero-order valence-corrected chi connectivity index (χ0v) is 17.6. The molecular formula is C26H27N3O2. The lowest BCUT2D eigenvalue weighted by Crippen LogP contribution is -2.31. The highest BCUT2D eigenvalue weighted by Gasteiger charge is 2.23. The molecule has 5 nitrogen and oxygen atoms in total. The number of carboxylic acid groups (broad SMARTS) is 1. The van der Waals surface area contributed by atoms with Crippen LogP contribution in [0.1, 0.15) is 51.5 Å². The number of pyridine rings is 1. The molecule has 2 aliphatic rings. The van der Waals surface area contributed by atoms with E-state index in [-0.39, 0.29) is 6.04 Å². The third kappa shape index (κ3) is 3.93. The number of fused-ring (bicyclic) bond motifs is 2. The van der Waals surface area contributed by atoms with Crippen molar-refractivity contribution in [1.82, 2.24) is 10.3 Å². The molecule has 3 aromatic rings. The van der Waals surface area contributed by atoms with Crippen LogP contribution < -0.4 is 10.2 Å². The van der Waals surface area contributed by atoms with Gasteiger partial charge in [-0.2, -0.15) is 0 Å². The fourth-order valence-electron chi connectivity index (χ4n) is 5.00. The maximum Gasteiger partial charge on any atom is 0.336 e. The number of para-hydroxylation sites is 1. The Morgan fingerprint density at radius 3 is 2.94 bits per heavy atom. The summed E-state index contributed by atoms with van der Waals surface area (Å²) >= 11 is 0. The minimum Gasteiger partial charge on any atom is -0.478 e. The lowest BCUT2D eigenvalue weighted by molar-refractivity contribution is 0.0695. The number of nitrogens with zero attached hydrogens (tertiary/aromatic N) is 2. The fraction of sp³-hybridized carbons (Fsp3) is 0.308. The van der Waals surface area contributed by atoms with Gasteiger partial charge in [0, 0.05) is 36.4 Å². The summed E-state index contributed by atoms with van der Waals surface area (Å²) in [7, 11) is 0. The van der Waals surface area contributed by atoms with Crippen LogP contribution in [-0.2, 0) is 19.3 Å². The van der Waals surface area contributed by atoms with E-state index in [0.29, 0.717) is 12.0 Å². The third-order valence-electron chi connectivity index (χ3n) is 6.55. The molecule has 0 saturated carbocycles. The second kappa shape index (κ2) is 8.52. The summed E-state index contributed by atoms with van der Waals surface area (Å²) in [5.41, 5.74) is 7.91. The number of hydrogen-bond donors (Lipinski definition) is 2. The molecule has 5 heteroatoms. The molecule has 0 saturated heterocycles. The minimum absolute atomic E-state index is 0.230. The minimum atomic E-state index is -0.888. The number of benzene rings is 2. The van der Waals surface area contributed by atoms with Crippen LogP contribution in [0.5, 0.6) is 0 Å². The standard InChI is InChI=1S/C26H27N3O2/c30-26(31)23-12-13-27-17-20(23)7-10-24-22-9-8-21(16-19(22)11-14-28-24)29-15-3-5-18-4-1-2-6-25(18)29/h1-2,4,6,8-9,12-13,16-17,24,28H,3,5,7,10-11,14-15H2,(H,30,31)/t24-/m0/s1. The van der Waals surface area contributed by atoms with Crippen molar-refractivity contribution in [2.24, 2.45) is 0 Å². The molecule has 158 valence electrons. The van der Waals surface area contributed by atoms with E-state index in [9.17, 15) is 9.90 Å². The van der Waals surface area contributed by atoms with Gasteiger partial charge in [-0.25, -0.2) is 4.79 Å². The van der Waals surface area contributed by atoms with Crippen LogP contribution in [0.4, 0.5) is 11.4 Å². The molecule has 0 radical (unpaired) electrons. The van der Waals surface area contributed by atoms with Crippen molar-refractivity contribution in [2.45, 2.75) is 38.1 Å². The molecule has 2 aliphatic heterocycles. The van der Waals surface area contributed by atoms with E-state index in [1.165, 1.54) is 34.5 Å². The fourth-order valence-corrected chi connectivity index (χ4v) is 5.00. The van der Waals surface area contributed by atoms with Gasteiger partial charge in [0.15, 0.2) is 0 Å². The van der Waals surface area contributed by atoms with Gasteiger partial charge >= 0.3 is 5.97 Å². The van der Waals surface area contributed by atoms with Crippen molar-refractivity contribution < 1.29 is 9.90 Å². The summed E-state index contributed by atoms with van der Waals surface area (Å²) in [6.07, 6.45) is 8.11. The molecule has 31 heavy (non-hydrogen) atoms. The Bertz CT molecular complexity index is 1110. The summed E-state index contributed by atoms with van der Waals surface area (Å²) in [5.74, 6) is -0.888. The Kier molecular flexibility index (Phi) is 5.43. The van der Waals surface area contributed by atoms with Crippen molar-refractivity contribution in [1.29, 1.82) is 0 Å². The summed E-state index contributed by atoms with van der Waals surface area (Å²) in [6, 6.07) is 17.4. The van der Waals surface area contributed by atoms with E-state index in [4.69, 9.17) is 0 Å². The number of aromatic carboxylic acids is 1. The topological polar surface area (TPSA) is 65.5 Å².